The largest absolute Gasteiger partial charge is 0.393 e. The number of ether oxygens (including phenoxy) is 1. The molecule has 3 rings (SSSR count). The summed E-state index contributed by atoms with van der Waals surface area (Å²) in [5.41, 5.74) is 7.57. The minimum Gasteiger partial charge on any atom is -0.393 e. The molecule has 0 radical (unpaired) electrons. The lowest BCUT2D eigenvalue weighted by atomic mass is 10.2. The van der Waals surface area contributed by atoms with Crippen molar-refractivity contribution < 1.29 is 9.13 Å². The highest BCUT2D eigenvalue weighted by Crippen LogP contribution is 2.22. The first-order valence-electron chi connectivity index (χ1n) is 8.35. The molecule has 4 N–H and O–H groups in total. The Morgan fingerprint density at radius 2 is 1.76 bits per heavy atom. The topological polar surface area (TPSA) is 88.3 Å². The van der Waals surface area contributed by atoms with Gasteiger partial charge in [-0.2, -0.15) is 0 Å². The van der Waals surface area contributed by atoms with E-state index in [0.29, 0.717) is 23.9 Å². The van der Waals surface area contributed by atoms with Crippen LogP contribution in [0, 0.1) is 5.82 Å². The van der Waals surface area contributed by atoms with Crippen molar-refractivity contribution in [2.24, 2.45) is 0 Å². The van der Waals surface area contributed by atoms with Gasteiger partial charge in [-0.05, 0) is 17.7 Å². The van der Waals surface area contributed by atoms with Crippen LogP contribution in [0.1, 0.15) is 5.56 Å². The molecule has 0 spiro atoms. The summed E-state index contributed by atoms with van der Waals surface area (Å²) in [5.74, 6) is 0.926. The fourth-order valence-corrected chi connectivity index (χ4v) is 2.62. The molecule has 0 bridgehead atoms. The van der Waals surface area contributed by atoms with Crippen LogP contribution in [0.4, 0.5) is 21.7 Å². The summed E-state index contributed by atoms with van der Waals surface area (Å²) in [6.45, 7) is 5.63. The highest BCUT2D eigenvalue weighted by molar-refractivity contribution is 5.73. The highest BCUT2D eigenvalue weighted by atomic mass is 19.1. The summed E-state index contributed by atoms with van der Waals surface area (Å²) in [6.07, 6.45) is 1.47. The number of nitrogens with one attached hydrogen (secondary N) is 2. The van der Waals surface area contributed by atoms with E-state index in [2.05, 4.69) is 25.5 Å². The molecule has 0 amide bonds. The fourth-order valence-electron chi connectivity index (χ4n) is 2.62. The van der Waals surface area contributed by atoms with Crippen LogP contribution in [0.25, 0.3) is 0 Å². The smallest absolute Gasteiger partial charge is 0.155 e. The van der Waals surface area contributed by atoms with Gasteiger partial charge >= 0.3 is 0 Å². The molecule has 0 unspecified atom stereocenters. The molecule has 8 heteroatoms. The number of anilines is 3. The van der Waals surface area contributed by atoms with Crippen molar-refractivity contribution in [3.05, 3.63) is 42.0 Å². The van der Waals surface area contributed by atoms with E-state index in [4.69, 9.17) is 10.5 Å². The molecule has 7 nitrogen and oxygen atoms in total. The number of hydrogen-bond donors (Lipinski definition) is 3. The van der Waals surface area contributed by atoms with E-state index in [1.807, 2.05) is 0 Å². The van der Waals surface area contributed by atoms with Crippen LogP contribution in [-0.4, -0.2) is 54.3 Å². The SMILES string of the molecule is Nc1c(NCCN2CCOCC2)ncnc1NCc1ccc(F)cc1. The first-order chi connectivity index (χ1) is 12.2. The zero-order chi connectivity index (χ0) is 17.5. The van der Waals surface area contributed by atoms with Gasteiger partial charge in [-0.25, -0.2) is 14.4 Å². The molecule has 1 aromatic heterocycles. The second-order valence-corrected chi connectivity index (χ2v) is 5.85. The van der Waals surface area contributed by atoms with Crippen LogP contribution in [0.15, 0.2) is 30.6 Å². The van der Waals surface area contributed by atoms with Gasteiger partial charge in [0.05, 0.1) is 13.2 Å². The van der Waals surface area contributed by atoms with Crippen molar-refractivity contribution in [1.82, 2.24) is 14.9 Å². The third-order valence-electron chi connectivity index (χ3n) is 4.08. The summed E-state index contributed by atoms with van der Waals surface area (Å²) >= 11 is 0. The molecule has 1 aliphatic rings. The Bertz CT molecular complexity index is 675. The Labute approximate surface area is 146 Å². The minimum atomic E-state index is -0.253. The molecule has 134 valence electrons. The number of nitrogen functional groups attached to an aromatic ring is 1. The Morgan fingerprint density at radius 3 is 2.48 bits per heavy atom. The van der Waals surface area contributed by atoms with Gasteiger partial charge in [0.1, 0.15) is 17.8 Å². The average molecular weight is 346 g/mol. The van der Waals surface area contributed by atoms with Crippen molar-refractivity contribution >= 4 is 17.3 Å². The molecule has 2 heterocycles. The number of morpholine rings is 1. The van der Waals surface area contributed by atoms with Crippen LogP contribution >= 0.6 is 0 Å². The summed E-state index contributed by atoms with van der Waals surface area (Å²) in [4.78, 5) is 10.7. The van der Waals surface area contributed by atoms with Gasteiger partial charge in [-0.15, -0.1) is 0 Å². The quantitative estimate of drug-likeness (QED) is 0.701. The lowest BCUT2D eigenvalue weighted by Crippen LogP contribution is -2.39. The third-order valence-corrected chi connectivity index (χ3v) is 4.08. The number of aromatic nitrogens is 2. The summed E-state index contributed by atoms with van der Waals surface area (Å²) in [5, 5.41) is 6.42. The lowest BCUT2D eigenvalue weighted by molar-refractivity contribution is 0.0398. The van der Waals surface area contributed by atoms with Gasteiger partial charge in [-0.1, -0.05) is 12.1 Å². The van der Waals surface area contributed by atoms with Crippen LogP contribution in [0.3, 0.4) is 0 Å². The normalized spacial score (nSPS) is 15.1. The molecule has 1 aliphatic heterocycles. The lowest BCUT2D eigenvalue weighted by Gasteiger charge is -2.26. The standard InChI is InChI=1S/C17H23FN6O/c18-14-3-1-13(2-4-14)11-21-17-15(19)16(22-12-23-17)20-5-6-24-7-9-25-10-8-24/h1-4,12H,5-11,19H2,(H2,20,21,22,23). The summed E-state index contributed by atoms with van der Waals surface area (Å²) in [6, 6.07) is 6.31. The van der Waals surface area contributed by atoms with E-state index in [1.54, 1.807) is 12.1 Å². The van der Waals surface area contributed by atoms with Gasteiger partial charge < -0.3 is 21.1 Å². The van der Waals surface area contributed by atoms with Crippen molar-refractivity contribution in [2.75, 3.05) is 55.8 Å². The van der Waals surface area contributed by atoms with Crippen LogP contribution in [0.2, 0.25) is 0 Å². The molecule has 1 aromatic carbocycles. The van der Waals surface area contributed by atoms with Crippen LogP contribution in [-0.2, 0) is 11.3 Å². The van der Waals surface area contributed by atoms with E-state index in [1.165, 1.54) is 18.5 Å². The van der Waals surface area contributed by atoms with Gasteiger partial charge in [0.25, 0.3) is 0 Å². The van der Waals surface area contributed by atoms with E-state index in [0.717, 1.165) is 45.0 Å². The van der Waals surface area contributed by atoms with Crippen molar-refractivity contribution in [3.8, 4) is 0 Å². The van der Waals surface area contributed by atoms with Crippen molar-refractivity contribution in [1.29, 1.82) is 0 Å². The Hall–Kier alpha value is -2.45. The molecule has 25 heavy (non-hydrogen) atoms. The molecular weight excluding hydrogens is 323 g/mol. The Kier molecular flexibility index (Phi) is 5.97. The number of hydrogen-bond acceptors (Lipinski definition) is 7. The molecule has 1 fully saturated rings. The van der Waals surface area contributed by atoms with E-state index in [9.17, 15) is 4.39 Å². The molecular formula is C17H23FN6O. The second-order valence-electron chi connectivity index (χ2n) is 5.85. The van der Waals surface area contributed by atoms with Gasteiger partial charge in [0.2, 0.25) is 0 Å². The minimum absolute atomic E-state index is 0.253. The molecule has 2 aromatic rings. The van der Waals surface area contributed by atoms with Crippen LogP contribution < -0.4 is 16.4 Å². The first-order valence-corrected chi connectivity index (χ1v) is 8.35. The first kappa shape index (κ1) is 17.4. The highest BCUT2D eigenvalue weighted by Gasteiger charge is 2.11. The summed E-state index contributed by atoms with van der Waals surface area (Å²) in [7, 11) is 0. The zero-order valence-electron chi connectivity index (χ0n) is 14.0. The predicted molar refractivity (Wildman–Crippen MR) is 95.9 cm³/mol. The van der Waals surface area contributed by atoms with E-state index < -0.39 is 0 Å². The van der Waals surface area contributed by atoms with Crippen molar-refractivity contribution in [2.45, 2.75) is 6.54 Å². The zero-order valence-corrected chi connectivity index (χ0v) is 14.0. The molecule has 0 saturated carbocycles. The predicted octanol–water partition coefficient (Wildman–Crippen LogP) is 1.55. The molecule has 0 aliphatic carbocycles. The Morgan fingerprint density at radius 1 is 1.08 bits per heavy atom. The molecule has 0 atom stereocenters. The van der Waals surface area contributed by atoms with Crippen LogP contribution in [0.5, 0.6) is 0 Å². The molecule has 1 saturated heterocycles. The summed E-state index contributed by atoms with van der Waals surface area (Å²) < 4.78 is 18.3. The monoisotopic (exact) mass is 346 g/mol. The second kappa shape index (κ2) is 8.59. The van der Waals surface area contributed by atoms with Crippen molar-refractivity contribution in [3.63, 3.8) is 0 Å². The maximum absolute atomic E-state index is 12.9. The number of nitrogens with zero attached hydrogens (tertiary/aromatic N) is 3. The fraction of sp³-hybridized carbons (Fsp3) is 0.412. The Balaban J connectivity index is 1.52. The van der Waals surface area contributed by atoms with Gasteiger partial charge in [-0.3, -0.25) is 4.90 Å². The third kappa shape index (κ3) is 5.01. The number of nitrogens with two attached hydrogens (primary N) is 1. The van der Waals surface area contributed by atoms with Gasteiger partial charge in [0.15, 0.2) is 11.6 Å². The van der Waals surface area contributed by atoms with Gasteiger partial charge in [0, 0.05) is 32.7 Å². The maximum atomic E-state index is 12.9. The number of halogens is 1. The number of benzene rings is 1. The number of rotatable bonds is 7. The van der Waals surface area contributed by atoms with E-state index in [-0.39, 0.29) is 5.82 Å². The average Bonchev–Trinajstić information content (AvgIpc) is 2.64. The van der Waals surface area contributed by atoms with E-state index >= 15 is 0 Å². The maximum Gasteiger partial charge on any atom is 0.155 e.